The lowest BCUT2D eigenvalue weighted by molar-refractivity contribution is 0.103. The lowest BCUT2D eigenvalue weighted by Gasteiger charge is -2.13. The monoisotopic (exact) mass is 394 g/mol. The van der Waals surface area contributed by atoms with Crippen LogP contribution in [0.2, 0.25) is 5.02 Å². The molecule has 8 nitrogen and oxygen atoms in total. The third-order valence-corrected chi connectivity index (χ3v) is 5.37. The average molecular weight is 395 g/mol. The van der Waals surface area contributed by atoms with Crippen molar-refractivity contribution in [3.63, 3.8) is 0 Å². The summed E-state index contributed by atoms with van der Waals surface area (Å²) in [6, 6.07) is 4.19. The highest BCUT2D eigenvalue weighted by molar-refractivity contribution is 7.90. The first kappa shape index (κ1) is 18.2. The number of rotatable bonds is 5. The Morgan fingerprint density at radius 3 is 2.58 bits per heavy atom. The van der Waals surface area contributed by atoms with E-state index in [2.05, 4.69) is 10.2 Å². The van der Waals surface area contributed by atoms with Crippen LogP contribution >= 0.6 is 11.6 Å². The second-order valence-corrected chi connectivity index (χ2v) is 7.92. The molecule has 0 amide bonds. The standard InChI is InChI=1S/C16H15ClN4O4S/c1-3-20-16(23)11(9-19-20)15(22)10-5-6-12(26(2,24)25)14(13(10)17)21-8-4-7-18-21/h4-9,19H,3H2,1-2H3. The Morgan fingerprint density at radius 1 is 1.31 bits per heavy atom. The van der Waals surface area contributed by atoms with Gasteiger partial charge < -0.3 is 5.10 Å². The first-order chi connectivity index (χ1) is 12.3. The summed E-state index contributed by atoms with van der Waals surface area (Å²) in [7, 11) is -3.63. The minimum Gasteiger partial charge on any atom is -0.302 e. The minimum absolute atomic E-state index is 0.0175. The zero-order valence-corrected chi connectivity index (χ0v) is 15.5. The largest absolute Gasteiger partial charge is 0.302 e. The number of H-pyrrole nitrogens is 1. The van der Waals surface area contributed by atoms with Crippen molar-refractivity contribution in [2.75, 3.05) is 6.26 Å². The van der Waals surface area contributed by atoms with Gasteiger partial charge in [0.05, 0.1) is 9.92 Å². The van der Waals surface area contributed by atoms with E-state index in [9.17, 15) is 18.0 Å². The molecular formula is C16H15ClN4O4S. The smallest absolute Gasteiger partial charge is 0.277 e. The highest BCUT2D eigenvalue weighted by Gasteiger charge is 2.25. The fraction of sp³-hybridized carbons (Fsp3) is 0.188. The normalized spacial score (nSPS) is 11.7. The van der Waals surface area contributed by atoms with Crippen molar-refractivity contribution in [3.05, 3.63) is 63.3 Å². The number of aromatic nitrogens is 4. The Kier molecular flexibility index (Phi) is 4.59. The predicted octanol–water partition coefficient (Wildman–Crippen LogP) is 1.67. The molecule has 0 aliphatic rings. The topological polar surface area (TPSA) is 107 Å². The van der Waals surface area contributed by atoms with Crippen molar-refractivity contribution in [3.8, 4) is 5.69 Å². The highest BCUT2D eigenvalue weighted by Crippen LogP contribution is 2.32. The molecule has 26 heavy (non-hydrogen) atoms. The first-order valence-electron chi connectivity index (χ1n) is 7.61. The van der Waals surface area contributed by atoms with Crippen LogP contribution in [0.5, 0.6) is 0 Å². The van der Waals surface area contributed by atoms with Gasteiger partial charge in [0.1, 0.15) is 11.3 Å². The summed E-state index contributed by atoms with van der Waals surface area (Å²) in [5.74, 6) is -0.600. The molecule has 2 aromatic heterocycles. The quantitative estimate of drug-likeness (QED) is 0.662. The molecule has 0 bridgehead atoms. The summed E-state index contributed by atoms with van der Waals surface area (Å²) < 4.78 is 26.8. The van der Waals surface area contributed by atoms with Gasteiger partial charge in [-0.3, -0.25) is 14.3 Å². The van der Waals surface area contributed by atoms with Gasteiger partial charge in [0.25, 0.3) is 5.56 Å². The number of benzene rings is 1. The molecule has 0 atom stereocenters. The third-order valence-electron chi connectivity index (χ3n) is 3.86. The number of carbonyl (C=O) groups is 1. The molecule has 10 heteroatoms. The molecular weight excluding hydrogens is 380 g/mol. The number of ketones is 1. The van der Waals surface area contributed by atoms with Gasteiger partial charge in [-0.15, -0.1) is 0 Å². The van der Waals surface area contributed by atoms with E-state index in [4.69, 9.17) is 11.6 Å². The maximum atomic E-state index is 12.8. The first-order valence-corrected chi connectivity index (χ1v) is 9.88. The Morgan fingerprint density at radius 2 is 2.04 bits per heavy atom. The SMILES string of the molecule is CCn1[nH]cc(C(=O)c2ccc(S(C)(=O)=O)c(-n3cccn3)c2Cl)c1=O. The molecule has 136 valence electrons. The molecule has 3 rings (SSSR count). The average Bonchev–Trinajstić information content (AvgIpc) is 3.22. The molecule has 3 aromatic rings. The maximum absolute atomic E-state index is 12.8. The van der Waals surface area contributed by atoms with Gasteiger partial charge in [0, 0.05) is 37.0 Å². The Hall–Kier alpha value is -2.65. The number of nitrogens with one attached hydrogen (secondary N) is 1. The van der Waals surface area contributed by atoms with E-state index in [1.807, 2.05) is 0 Å². The number of aryl methyl sites for hydroxylation is 1. The number of halogens is 1. The lowest BCUT2D eigenvalue weighted by atomic mass is 10.1. The van der Waals surface area contributed by atoms with E-state index >= 15 is 0 Å². The van der Waals surface area contributed by atoms with Crippen LogP contribution in [0.3, 0.4) is 0 Å². The van der Waals surface area contributed by atoms with Crippen LogP contribution in [0.15, 0.2) is 46.5 Å². The van der Waals surface area contributed by atoms with E-state index in [0.717, 1.165) is 6.26 Å². The predicted molar refractivity (Wildman–Crippen MR) is 95.8 cm³/mol. The van der Waals surface area contributed by atoms with Crippen LogP contribution in [0.25, 0.3) is 5.69 Å². The third kappa shape index (κ3) is 2.99. The number of sulfone groups is 1. The summed E-state index contributed by atoms with van der Waals surface area (Å²) in [4.78, 5) is 25.0. The van der Waals surface area contributed by atoms with Gasteiger partial charge in [-0.2, -0.15) is 5.10 Å². The van der Waals surface area contributed by atoms with Crippen LogP contribution in [0.4, 0.5) is 0 Å². The van der Waals surface area contributed by atoms with Gasteiger partial charge in [-0.25, -0.2) is 13.1 Å². The van der Waals surface area contributed by atoms with E-state index in [-0.39, 0.29) is 26.7 Å². The highest BCUT2D eigenvalue weighted by atomic mass is 35.5. The molecule has 0 aliphatic carbocycles. The number of aromatic amines is 1. The zero-order chi connectivity index (χ0) is 19.1. The summed E-state index contributed by atoms with van der Waals surface area (Å²) in [5.41, 5.74) is -0.464. The van der Waals surface area contributed by atoms with E-state index in [0.29, 0.717) is 6.54 Å². The van der Waals surface area contributed by atoms with E-state index in [1.165, 1.54) is 40.1 Å². The Bertz CT molecular complexity index is 1140. The van der Waals surface area contributed by atoms with Crippen LogP contribution in [-0.4, -0.2) is 40.0 Å². The van der Waals surface area contributed by atoms with Crippen molar-refractivity contribution in [1.29, 1.82) is 0 Å². The van der Waals surface area contributed by atoms with Crippen molar-refractivity contribution in [1.82, 2.24) is 19.6 Å². The molecule has 0 fully saturated rings. The molecule has 2 heterocycles. The Labute approximate surface area is 153 Å². The zero-order valence-electron chi connectivity index (χ0n) is 13.9. The molecule has 0 spiro atoms. The van der Waals surface area contributed by atoms with E-state index in [1.54, 1.807) is 13.0 Å². The van der Waals surface area contributed by atoms with Gasteiger partial charge in [-0.05, 0) is 25.1 Å². The van der Waals surface area contributed by atoms with E-state index < -0.39 is 21.2 Å². The molecule has 0 aliphatic heterocycles. The summed E-state index contributed by atoms with van der Waals surface area (Å²) in [6.07, 6.45) is 5.33. The molecule has 1 aromatic carbocycles. The summed E-state index contributed by atoms with van der Waals surface area (Å²) >= 11 is 6.38. The summed E-state index contributed by atoms with van der Waals surface area (Å²) in [6.45, 7) is 2.14. The van der Waals surface area contributed by atoms with Crippen LogP contribution < -0.4 is 5.56 Å². The van der Waals surface area contributed by atoms with Gasteiger partial charge in [0.2, 0.25) is 5.78 Å². The molecule has 0 saturated carbocycles. The fourth-order valence-corrected chi connectivity index (χ4v) is 3.84. The number of nitrogens with zero attached hydrogens (tertiary/aromatic N) is 3. The van der Waals surface area contributed by atoms with Crippen molar-refractivity contribution < 1.29 is 13.2 Å². The lowest BCUT2D eigenvalue weighted by Crippen LogP contribution is -2.21. The van der Waals surface area contributed by atoms with Gasteiger partial charge in [-0.1, -0.05) is 11.6 Å². The van der Waals surface area contributed by atoms with Crippen molar-refractivity contribution >= 4 is 27.2 Å². The van der Waals surface area contributed by atoms with Gasteiger partial charge >= 0.3 is 0 Å². The van der Waals surface area contributed by atoms with Crippen LogP contribution in [0, 0.1) is 0 Å². The van der Waals surface area contributed by atoms with Crippen molar-refractivity contribution in [2.45, 2.75) is 18.4 Å². The second-order valence-electron chi connectivity index (χ2n) is 5.56. The van der Waals surface area contributed by atoms with Crippen LogP contribution in [0.1, 0.15) is 22.8 Å². The molecule has 1 N–H and O–H groups in total. The molecule has 0 saturated heterocycles. The number of hydrogen-bond acceptors (Lipinski definition) is 5. The molecule has 0 unspecified atom stereocenters. The van der Waals surface area contributed by atoms with Crippen LogP contribution in [-0.2, 0) is 16.4 Å². The van der Waals surface area contributed by atoms with Crippen molar-refractivity contribution in [2.24, 2.45) is 0 Å². The minimum atomic E-state index is -3.63. The fourth-order valence-electron chi connectivity index (χ4n) is 2.59. The number of carbonyl (C=O) groups excluding carboxylic acids is 1. The molecule has 0 radical (unpaired) electrons. The summed E-state index contributed by atoms with van der Waals surface area (Å²) in [5, 5.41) is 6.62. The second kappa shape index (κ2) is 6.58. The number of hydrogen-bond donors (Lipinski definition) is 1. The Balaban J connectivity index is 2.24. The maximum Gasteiger partial charge on any atom is 0.277 e. The van der Waals surface area contributed by atoms with Gasteiger partial charge in [0.15, 0.2) is 9.84 Å².